The third-order valence-electron chi connectivity index (χ3n) is 4.55. The smallest absolute Gasteiger partial charge is 0.183 e. The molecule has 0 aliphatic rings. The molecule has 0 saturated carbocycles. The third kappa shape index (κ3) is 3.46. The second-order valence-corrected chi connectivity index (χ2v) is 7.58. The number of rotatable bonds is 5. The molecule has 1 atom stereocenters. The molecule has 3 aromatic carbocycles. The summed E-state index contributed by atoms with van der Waals surface area (Å²) in [5.74, 6) is 1.02. The summed E-state index contributed by atoms with van der Waals surface area (Å²) in [7, 11) is 1.65. The van der Waals surface area contributed by atoms with Gasteiger partial charge in [-0.1, -0.05) is 42.5 Å². The number of benzene rings is 3. The molecule has 0 bridgehead atoms. The van der Waals surface area contributed by atoms with Crippen molar-refractivity contribution in [2.45, 2.75) is 13.0 Å². The van der Waals surface area contributed by atoms with Gasteiger partial charge in [0.1, 0.15) is 11.5 Å². The predicted molar refractivity (Wildman–Crippen MR) is 111 cm³/mol. The van der Waals surface area contributed by atoms with E-state index in [0.717, 1.165) is 37.7 Å². The van der Waals surface area contributed by atoms with Gasteiger partial charge in [-0.2, -0.15) is 0 Å². The number of ether oxygens (including phenoxy) is 1. The molecule has 0 aliphatic carbocycles. The first kappa shape index (κ1) is 17.4. The van der Waals surface area contributed by atoms with Crippen molar-refractivity contribution in [1.82, 2.24) is 4.98 Å². The lowest BCUT2D eigenvalue weighted by atomic mass is 9.92. The maximum atomic E-state index is 10.8. The summed E-state index contributed by atoms with van der Waals surface area (Å²) < 4.78 is 5.41. The second-order valence-electron chi connectivity index (χ2n) is 6.35. The molecule has 0 saturated heterocycles. The molecule has 4 rings (SSSR count). The van der Waals surface area contributed by atoms with Crippen molar-refractivity contribution >= 4 is 27.2 Å². The fourth-order valence-corrected chi connectivity index (χ4v) is 3.97. The van der Waals surface area contributed by atoms with Gasteiger partial charge in [0, 0.05) is 16.6 Å². The molecule has 5 heteroatoms. The molecule has 0 aliphatic heterocycles. The lowest BCUT2D eigenvalue weighted by molar-refractivity contribution is 0.414. The van der Waals surface area contributed by atoms with E-state index in [1.165, 1.54) is 0 Å². The van der Waals surface area contributed by atoms with Crippen molar-refractivity contribution in [3.8, 4) is 11.5 Å². The number of nitrogens with one attached hydrogen (secondary N) is 1. The minimum Gasteiger partial charge on any atom is -0.508 e. The Kier molecular flexibility index (Phi) is 4.69. The number of hydrogen-bond donors (Lipinski definition) is 2. The van der Waals surface area contributed by atoms with Crippen LogP contribution in [0, 0.1) is 6.92 Å². The van der Waals surface area contributed by atoms with Crippen LogP contribution < -0.4 is 10.1 Å². The van der Waals surface area contributed by atoms with Crippen LogP contribution in [-0.2, 0) is 0 Å². The molecule has 0 amide bonds. The van der Waals surface area contributed by atoms with E-state index in [4.69, 9.17) is 4.74 Å². The van der Waals surface area contributed by atoms with Gasteiger partial charge in [-0.25, -0.2) is 4.98 Å². The first-order chi connectivity index (χ1) is 13.2. The molecule has 27 heavy (non-hydrogen) atoms. The Balaban J connectivity index is 1.91. The number of methoxy groups -OCH3 is 1. The third-order valence-corrected chi connectivity index (χ3v) is 5.40. The predicted octanol–water partition coefficient (Wildman–Crippen LogP) is 5.52. The van der Waals surface area contributed by atoms with Crippen LogP contribution in [0.25, 0.3) is 10.8 Å². The molecule has 1 aromatic heterocycles. The molecule has 136 valence electrons. The van der Waals surface area contributed by atoms with E-state index in [1.807, 2.05) is 61.7 Å². The summed E-state index contributed by atoms with van der Waals surface area (Å²) in [6.07, 6.45) is 1.85. The molecule has 2 N–H and O–H groups in total. The lowest BCUT2D eigenvalue weighted by Gasteiger charge is -2.22. The summed E-state index contributed by atoms with van der Waals surface area (Å²) in [6.45, 7) is 2.03. The fraction of sp³-hybridized carbons (Fsp3) is 0.136. The Bertz CT molecular complexity index is 1090. The largest absolute Gasteiger partial charge is 0.508 e. The van der Waals surface area contributed by atoms with Crippen LogP contribution in [0.1, 0.15) is 22.0 Å². The van der Waals surface area contributed by atoms with Crippen molar-refractivity contribution < 1.29 is 9.84 Å². The summed E-state index contributed by atoms with van der Waals surface area (Å²) >= 11 is 1.59. The Hall–Kier alpha value is -3.05. The standard InChI is InChI=1S/C22H20N2O2S/c1-14-13-23-22(27-14)24-21(16-7-5-8-17(12-16)26-2)20-18-9-4-3-6-15(18)10-11-19(20)25/h3-13,21,25H,1-2H3,(H,23,24). The van der Waals surface area contributed by atoms with Gasteiger partial charge in [-0.05, 0) is 41.5 Å². The van der Waals surface area contributed by atoms with E-state index in [0.29, 0.717) is 0 Å². The maximum Gasteiger partial charge on any atom is 0.183 e. The molecule has 0 fully saturated rings. The molecule has 4 aromatic rings. The van der Waals surface area contributed by atoms with E-state index in [2.05, 4.69) is 16.4 Å². The minimum atomic E-state index is -0.267. The SMILES string of the molecule is COc1cccc(C(Nc2ncc(C)s2)c2c(O)ccc3ccccc23)c1. The normalized spacial score (nSPS) is 12.1. The number of phenols is 1. The number of nitrogens with zero attached hydrogens (tertiary/aromatic N) is 1. The van der Waals surface area contributed by atoms with Gasteiger partial charge < -0.3 is 15.2 Å². The monoisotopic (exact) mass is 376 g/mol. The highest BCUT2D eigenvalue weighted by atomic mass is 32.1. The summed E-state index contributed by atoms with van der Waals surface area (Å²) in [5.41, 5.74) is 1.82. The number of hydrogen-bond acceptors (Lipinski definition) is 5. The van der Waals surface area contributed by atoms with Crippen molar-refractivity contribution in [2.24, 2.45) is 0 Å². The average Bonchev–Trinajstić information content (AvgIpc) is 3.11. The van der Waals surface area contributed by atoms with E-state index < -0.39 is 0 Å². The van der Waals surface area contributed by atoms with Crippen LogP contribution in [0.5, 0.6) is 11.5 Å². The number of thiazole rings is 1. The molecule has 1 heterocycles. The quantitative estimate of drug-likeness (QED) is 0.481. The summed E-state index contributed by atoms with van der Waals surface area (Å²) in [5, 5.41) is 17.2. The first-order valence-electron chi connectivity index (χ1n) is 8.69. The zero-order valence-corrected chi connectivity index (χ0v) is 16.0. The Labute approximate surface area is 162 Å². The van der Waals surface area contributed by atoms with Gasteiger partial charge in [0.05, 0.1) is 13.2 Å². The van der Waals surface area contributed by atoms with Gasteiger partial charge in [-0.15, -0.1) is 11.3 Å². The van der Waals surface area contributed by atoms with E-state index in [1.54, 1.807) is 24.5 Å². The minimum absolute atomic E-state index is 0.252. The molecule has 0 spiro atoms. The second kappa shape index (κ2) is 7.29. The number of aromatic hydroxyl groups is 1. The number of fused-ring (bicyclic) bond motifs is 1. The number of phenolic OH excluding ortho intramolecular Hbond substituents is 1. The Morgan fingerprint density at radius 3 is 2.70 bits per heavy atom. The molecular weight excluding hydrogens is 356 g/mol. The van der Waals surface area contributed by atoms with Crippen molar-refractivity contribution in [1.29, 1.82) is 0 Å². The summed E-state index contributed by atoms with van der Waals surface area (Å²) in [4.78, 5) is 5.58. The topological polar surface area (TPSA) is 54.4 Å². The van der Waals surface area contributed by atoms with Crippen LogP contribution in [0.3, 0.4) is 0 Å². The Morgan fingerprint density at radius 1 is 1.07 bits per heavy atom. The zero-order chi connectivity index (χ0) is 18.8. The zero-order valence-electron chi connectivity index (χ0n) is 15.1. The fourth-order valence-electron chi connectivity index (χ4n) is 3.28. The van der Waals surface area contributed by atoms with Crippen LogP contribution >= 0.6 is 11.3 Å². The lowest BCUT2D eigenvalue weighted by Crippen LogP contribution is -2.13. The van der Waals surface area contributed by atoms with Gasteiger partial charge in [0.2, 0.25) is 0 Å². The number of anilines is 1. The summed E-state index contributed by atoms with van der Waals surface area (Å²) in [6, 6.07) is 19.4. The van der Waals surface area contributed by atoms with Crippen LogP contribution in [0.2, 0.25) is 0 Å². The van der Waals surface area contributed by atoms with Crippen LogP contribution in [-0.4, -0.2) is 17.2 Å². The average molecular weight is 376 g/mol. The van der Waals surface area contributed by atoms with Crippen molar-refractivity contribution in [3.05, 3.63) is 82.9 Å². The van der Waals surface area contributed by atoms with E-state index in [9.17, 15) is 5.11 Å². The highest BCUT2D eigenvalue weighted by molar-refractivity contribution is 7.15. The maximum absolute atomic E-state index is 10.8. The molecular formula is C22H20N2O2S. The molecule has 1 unspecified atom stereocenters. The molecule has 4 nitrogen and oxygen atoms in total. The Morgan fingerprint density at radius 2 is 1.93 bits per heavy atom. The number of aromatic nitrogens is 1. The highest BCUT2D eigenvalue weighted by Gasteiger charge is 2.22. The highest BCUT2D eigenvalue weighted by Crippen LogP contribution is 2.39. The van der Waals surface area contributed by atoms with Crippen LogP contribution in [0.15, 0.2) is 66.9 Å². The van der Waals surface area contributed by atoms with E-state index >= 15 is 0 Å². The van der Waals surface area contributed by atoms with Crippen LogP contribution in [0.4, 0.5) is 5.13 Å². The van der Waals surface area contributed by atoms with Gasteiger partial charge >= 0.3 is 0 Å². The number of aryl methyl sites for hydroxylation is 1. The van der Waals surface area contributed by atoms with Gasteiger partial charge in [0.15, 0.2) is 5.13 Å². The van der Waals surface area contributed by atoms with Gasteiger partial charge in [0.25, 0.3) is 0 Å². The van der Waals surface area contributed by atoms with E-state index in [-0.39, 0.29) is 11.8 Å². The first-order valence-corrected chi connectivity index (χ1v) is 9.51. The van der Waals surface area contributed by atoms with Crippen molar-refractivity contribution in [3.63, 3.8) is 0 Å². The van der Waals surface area contributed by atoms with Crippen molar-refractivity contribution in [2.75, 3.05) is 12.4 Å². The van der Waals surface area contributed by atoms with Gasteiger partial charge in [-0.3, -0.25) is 0 Å². The molecule has 0 radical (unpaired) electrons.